The molecule has 0 heterocycles. The molecule has 2 aliphatic rings. The summed E-state index contributed by atoms with van der Waals surface area (Å²) in [5.41, 5.74) is -0.985. The van der Waals surface area contributed by atoms with Crippen molar-refractivity contribution in [3.63, 3.8) is 0 Å². The molecule has 0 bridgehead atoms. The molecular weight excluding hydrogens is 502 g/mol. The van der Waals surface area contributed by atoms with Gasteiger partial charge in [-0.15, -0.1) is 23.2 Å². The molecule has 2 aromatic rings. The lowest BCUT2D eigenvalue weighted by Gasteiger charge is -2.12. The zero-order valence-corrected chi connectivity index (χ0v) is 18.9. The molecule has 0 saturated heterocycles. The maximum Gasteiger partial charge on any atom is 0.416 e. The van der Waals surface area contributed by atoms with E-state index in [-0.39, 0.29) is 16.3 Å². The van der Waals surface area contributed by atoms with Gasteiger partial charge in [0.05, 0.1) is 28.1 Å². The zero-order chi connectivity index (χ0) is 24.2. The lowest BCUT2D eigenvalue weighted by Crippen LogP contribution is -2.35. The van der Waals surface area contributed by atoms with E-state index in [1.165, 1.54) is 30.3 Å². The summed E-state index contributed by atoms with van der Waals surface area (Å²) in [7, 11) is 0. The molecule has 2 saturated carbocycles. The van der Waals surface area contributed by atoms with Gasteiger partial charge in [-0.25, -0.2) is 0 Å². The first-order valence-electron chi connectivity index (χ1n) is 9.77. The molecule has 2 amide bonds. The number of anilines is 1. The predicted molar refractivity (Wildman–Crippen MR) is 117 cm³/mol. The Hall–Kier alpha value is -2.47. The van der Waals surface area contributed by atoms with Gasteiger partial charge in [-0.05, 0) is 48.7 Å². The monoisotopic (exact) mass is 515 g/mol. The van der Waals surface area contributed by atoms with E-state index in [1.807, 2.05) is 6.07 Å². The van der Waals surface area contributed by atoms with Crippen LogP contribution in [0.4, 0.5) is 18.9 Å². The van der Waals surface area contributed by atoms with Gasteiger partial charge in [0.1, 0.15) is 9.87 Å². The summed E-state index contributed by atoms with van der Waals surface area (Å²) in [5.74, 6) is -2.73. The third-order valence-electron chi connectivity index (χ3n) is 5.73. The molecule has 172 valence electrons. The van der Waals surface area contributed by atoms with Crippen LogP contribution in [0.3, 0.4) is 0 Å². The average Bonchev–Trinajstić information content (AvgIpc) is 3.63. The number of hydrogen-bond donors (Lipinski definition) is 2. The van der Waals surface area contributed by atoms with Crippen molar-refractivity contribution in [3.8, 4) is 6.07 Å². The fourth-order valence-electron chi connectivity index (χ4n) is 3.62. The number of hydrogen-bond acceptors (Lipinski definition) is 3. The van der Waals surface area contributed by atoms with Crippen LogP contribution in [-0.4, -0.2) is 21.7 Å². The van der Waals surface area contributed by atoms with Crippen LogP contribution in [0.25, 0.3) is 0 Å². The highest BCUT2D eigenvalue weighted by molar-refractivity contribution is 6.53. The van der Waals surface area contributed by atoms with Crippen LogP contribution in [-0.2, 0) is 11.0 Å². The van der Waals surface area contributed by atoms with Gasteiger partial charge in [-0.1, -0.05) is 23.7 Å². The van der Waals surface area contributed by atoms with Gasteiger partial charge in [0.25, 0.3) is 5.91 Å². The predicted octanol–water partition coefficient (Wildman–Crippen LogP) is 5.67. The molecular formula is C22H15Cl3F3N3O2. The summed E-state index contributed by atoms with van der Waals surface area (Å²) in [6.07, 6.45) is -3.39. The Balaban J connectivity index is 1.48. The van der Waals surface area contributed by atoms with Crippen molar-refractivity contribution >= 4 is 52.3 Å². The number of rotatable bonds is 5. The number of alkyl halides is 5. The summed E-state index contributed by atoms with van der Waals surface area (Å²) >= 11 is 18.6. The minimum Gasteiger partial charge on any atom is -0.334 e. The van der Waals surface area contributed by atoms with E-state index in [0.717, 1.165) is 12.1 Å². The minimum absolute atomic E-state index is 0.0779. The molecule has 4 rings (SSSR count). The molecule has 0 spiro atoms. The summed E-state index contributed by atoms with van der Waals surface area (Å²) in [4.78, 5) is 25.3. The molecule has 2 fully saturated rings. The summed E-state index contributed by atoms with van der Waals surface area (Å²) in [6.45, 7) is 0. The Bertz CT molecular complexity index is 1170. The third kappa shape index (κ3) is 4.63. The van der Waals surface area contributed by atoms with Gasteiger partial charge >= 0.3 is 6.18 Å². The maximum absolute atomic E-state index is 12.8. The molecule has 0 aliphatic heterocycles. The molecule has 2 aromatic carbocycles. The molecule has 2 atom stereocenters. The van der Waals surface area contributed by atoms with E-state index in [4.69, 9.17) is 40.1 Å². The van der Waals surface area contributed by atoms with Crippen LogP contribution in [0, 0.1) is 17.2 Å². The van der Waals surface area contributed by atoms with Crippen LogP contribution >= 0.6 is 34.8 Å². The number of nitriles is 1. The normalized spacial score (nSPS) is 22.1. The van der Waals surface area contributed by atoms with Crippen molar-refractivity contribution in [1.29, 1.82) is 5.26 Å². The number of amides is 2. The number of halogens is 6. The van der Waals surface area contributed by atoms with Crippen molar-refractivity contribution < 1.29 is 22.8 Å². The first kappa shape index (κ1) is 23.7. The van der Waals surface area contributed by atoms with Crippen molar-refractivity contribution in [2.24, 2.45) is 5.92 Å². The standard InChI is InChI=1S/C22H15Cl3F3N3O2/c23-15-6-5-13(9-14(15)18(32)31-20(10-29)7-8-20)30-19(33)17-16(21(17,24)25)11-1-3-12(4-2-11)22(26,27)28/h1-6,9,16-17H,7-8H2,(H,30,33)(H,31,32)/t16-,17+/m0/s1. The number of benzene rings is 2. The highest BCUT2D eigenvalue weighted by Gasteiger charge is 2.67. The third-order valence-corrected chi connectivity index (χ3v) is 7.00. The molecule has 0 aromatic heterocycles. The Labute approximate surface area is 201 Å². The van der Waals surface area contributed by atoms with Crippen LogP contribution in [0.2, 0.25) is 5.02 Å². The fourth-order valence-corrected chi connectivity index (χ4v) is 4.65. The van der Waals surface area contributed by atoms with Crippen LogP contribution < -0.4 is 10.6 Å². The summed E-state index contributed by atoms with van der Waals surface area (Å²) < 4.78 is 36.9. The lowest BCUT2D eigenvalue weighted by atomic mass is 10.1. The Kier molecular flexibility index (Phi) is 5.80. The molecule has 11 heteroatoms. The molecule has 2 N–H and O–H groups in total. The van der Waals surface area contributed by atoms with Gasteiger partial charge in [0.2, 0.25) is 5.91 Å². The average molecular weight is 517 g/mol. The molecule has 0 radical (unpaired) electrons. The van der Waals surface area contributed by atoms with E-state index in [9.17, 15) is 22.8 Å². The Morgan fingerprint density at radius 2 is 1.73 bits per heavy atom. The number of carbonyl (C=O) groups excluding carboxylic acids is 2. The van der Waals surface area contributed by atoms with Gasteiger partial charge in [0.15, 0.2) is 0 Å². The molecule has 33 heavy (non-hydrogen) atoms. The van der Waals surface area contributed by atoms with Crippen molar-refractivity contribution in [2.75, 3.05) is 5.32 Å². The van der Waals surface area contributed by atoms with Crippen LogP contribution in [0.1, 0.15) is 40.2 Å². The summed E-state index contributed by atoms with van der Waals surface area (Å²) in [6, 6.07) is 10.6. The summed E-state index contributed by atoms with van der Waals surface area (Å²) in [5, 5.41) is 14.5. The van der Waals surface area contributed by atoms with E-state index in [2.05, 4.69) is 10.6 Å². The van der Waals surface area contributed by atoms with E-state index < -0.39 is 45.3 Å². The Morgan fingerprint density at radius 1 is 1.09 bits per heavy atom. The van der Waals surface area contributed by atoms with Gasteiger partial charge in [0, 0.05) is 11.6 Å². The quantitative estimate of drug-likeness (QED) is 0.502. The minimum atomic E-state index is -4.48. The van der Waals surface area contributed by atoms with Crippen molar-refractivity contribution in [1.82, 2.24) is 5.32 Å². The lowest BCUT2D eigenvalue weighted by molar-refractivity contribution is -0.137. The van der Waals surface area contributed by atoms with E-state index >= 15 is 0 Å². The van der Waals surface area contributed by atoms with Gasteiger partial charge in [-0.2, -0.15) is 18.4 Å². The zero-order valence-electron chi connectivity index (χ0n) is 16.6. The highest BCUT2D eigenvalue weighted by Crippen LogP contribution is 2.65. The van der Waals surface area contributed by atoms with E-state index in [1.54, 1.807) is 0 Å². The topological polar surface area (TPSA) is 82.0 Å². The van der Waals surface area contributed by atoms with Crippen molar-refractivity contribution in [2.45, 2.75) is 34.8 Å². The largest absolute Gasteiger partial charge is 0.416 e. The molecule has 5 nitrogen and oxygen atoms in total. The van der Waals surface area contributed by atoms with E-state index in [0.29, 0.717) is 18.4 Å². The van der Waals surface area contributed by atoms with Crippen LogP contribution in [0.5, 0.6) is 0 Å². The second kappa shape index (κ2) is 8.08. The Morgan fingerprint density at radius 3 is 2.27 bits per heavy atom. The second-order valence-corrected chi connectivity index (χ2v) is 9.93. The van der Waals surface area contributed by atoms with Crippen LogP contribution in [0.15, 0.2) is 42.5 Å². The van der Waals surface area contributed by atoms with Gasteiger partial charge in [-0.3, -0.25) is 9.59 Å². The van der Waals surface area contributed by atoms with Crippen molar-refractivity contribution in [3.05, 3.63) is 64.2 Å². The second-order valence-electron chi connectivity index (χ2n) is 8.08. The maximum atomic E-state index is 12.8. The first-order valence-corrected chi connectivity index (χ1v) is 10.9. The highest BCUT2D eigenvalue weighted by atomic mass is 35.5. The molecule has 0 unspecified atom stereocenters. The number of carbonyl (C=O) groups is 2. The SMILES string of the molecule is N#CC1(NC(=O)c2cc(NC(=O)[C@H]3[C@H](c4ccc(C(F)(F)F)cc4)C3(Cl)Cl)ccc2Cl)CC1. The van der Waals surface area contributed by atoms with Gasteiger partial charge < -0.3 is 10.6 Å². The fraction of sp³-hybridized carbons (Fsp3) is 0.318. The number of nitrogens with zero attached hydrogens (tertiary/aromatic N) is 1. The molecule has 2 aliphatic carbocycles. The first-order chi connectivity index (χ1) is 15.4. The smallest absolute Gasteiger partial charge is 0.334 e. The number of nitrogens with one attached hydrogen (secondary N) is 2.